The number of hydrogen-bond acceptors (Lipinski definition) is 4. The van der Waals surface area contributed by atoms with E-state index in [0.29, 0.717) is 12.8 Å². The van der Waals surface area contributed by atoms with Gasteiger partial charge in [-0.25, -0.2) is 0 Å². The Morgan fingerprint density at radius 2 is 1.08 bits per heavy atom. The van der Waals surface area contributed by atoms with Gasteiger partial charge in [0.1, 0.15) is 0 Å². The smallest absolute Gasteiger partial charge is 0.304 e. The molecule has 1 unspecified atom stereocenters. The number of alkyl halides is 6. The molecule has 210 valence electrons. The van der Waals surface area contributed by atoms with Gasteiger partial charge < -0.3 is 14.2 Å². The number of ether oxygens (including phenoxy) is 4. The van der Waals surface area contributed by atoms with Crippen LogP contribution in [0, 0.1) is 0 Å². The van der Waals surface area contributed by atoms with Gasteiger partial charge in [0.05, 0.1) is 37.1 Å². The molecule has 0 N–H and O–H groups in total. The Kier molecular flexibility index (Phi) is 14.3. The molecule has 0 heterocycles. The van der Waals surface area contributed by atoms with E-state index in [0.717, 1.165) is 50.7 Å². The Balaban J connectivity index is 3.20. The minimum absolute atomic E-state index is 0.126. The Morgan fingerprint density at radius 3 is 1.50 bits per heavy atom. The van der Waals surface area contributed by atoms with E-state index < -0.39 is 35.7 Å². The van der Waals surface area contributed by atoms with Crippen LogP contribution in [-0.2, 0) is 37.7 Å². The first kappa shape index (κ1) is 32.7. The van der Waals surface area contributed by atoms with Crippen LogP contribution in [0.5, 0.6) is 0 Å². The molecule has 0 radical (unpaired) electrons. The highest BCUT2D eigenvalue weighted by Crippen LogP contribution is 2.37. The van der Waals surface area contributed by atoms with Crippen molar-refractivity contribution in [2.45, 2.75) is 110 Å². The fourth-order valence-electron chi connectivity index (χ4n) is 3.89. The summed E-state index contributed by atoms with van der Waals surface area (Å²) in [5, 5.41) is 0. The van der Waals surface area contributed by atoms with Crippen molar-refractivity contribution in [3.8, 4) is 0 Å². The summed E-state index contributed by atoms with van der Waals surface area (Å²) in [6, 6.07) is 1.60. The fraction of sp³-hybridized carbons (Fsp3) is 0.769. The maximum Gasteiger partial charge on any atom is 0.416 e. The molecule has 0 spiro atoms. The van der Waals surface area contributed by atoms with Crippen molar-refractivity contribution in [2.75, 3.05) is 19.8 Å². The second-order valence-electron chi connectivity index (χ2n) is 8.57. The summed E-state index contributed by atoms with van der Waals surface area (Å²) in [5.74, 6) is 0. The van der Waals surface area contributed by atoms with E-state index in [1.54, 1.807) is 20.8 Å². The van der Waals surface area contributed by atoms with Crippen LogP contribution >= 0.6 is 0 Å². The van der Waals surface area contributed by atoms with Gasteiger partial charge in [-0.2, -0.15) is 26.3 Å². The third kappa shape index (κ3) is 11.8. The van der Waals surface area contributed by atoms with E-state index in [4.69, 9.17) is 18.9 Å². The van der Waals surface area contributed by atoms with E-state index in [2.05, 4.69) is 6.92 Å². The molecule has 0 fully saturated rings. The lowest BCUT2D eigenvalue weighted by Gasteiger charge is -2.34. The van der Waals surface area contributed by atoms with Crippen LogP contribution in [0.2, 0.25) is 0 Å². The van der Waals surface area contributed by atoms with Crippen molar-refractivity contribution < 1.29 is 45.3 Å². The molecular formula is C26H40F6O4. The fourth-order valence-corrected chi connectivity index (χ4v) is 3.89. The summed E-state index contributed by atoms with van der Waals surface area (Å²) in [6.07, 6.45) is -5.32. The van der Waals surface area contributed by atoms with E-state index in [-0.39, 0.29) is 37.9 Å². The molecule has 1 aromatic carbocycles. The van der Waals surface area contributed by atoms with Gasteiger partial charge in [-0.1, -0.05) is 51.9 Å². The summed E-state index contributed by atoms with van der Waals surface area (Å²) < 4.78 is 103. The standard InChI is InChI=1S/C26H40F6O4/c1-5-9-10-11-12-13-14-15-23(36-26(33-6-2,34-7-3)35-8-4)18-20-16-21(24(27,28)29)19-22(17-20)25(30,31)32/h16-17,19,23H,5-15,18H2,1-4H3. The van der Waals surface area contributed by atoms with Crippen LogP contribution in [0.25, 0.3) is 0 Å². The molecule has 0 bridgehead atoms. The first-order valence-corrected chi connectivity index (χ1v) is 12.8. The lowest BCUT2D eigenvalue weighted by molar-refractivity contribution is -0.506. The zero-order valence-corrected chi connectivity index (χ0v) is 21.7. The Morgan fingerprint density at radius 1 is 0.639 bits per heavy atom. The van der Waals surface area contributed by atoms with E-state index in [9.17, 15) is 26.3 Å². The summed E-state index contributed by atoms with van der Waals surface area (Å²) in [7, 11) is 0. The Hall–Kier alpha value is -1.36. The largest absolute Gasteiger partial charge is 0.416 e. The number of unbranched alkanes of at least 4 members (excludes halogenated alkanes) is 6. The normalized spacial score (nSPS) is 13.8. The summed E-state index contributed by atoms with van der Waals surface area (Å²) >= 11 is 0. The highest BCUT2D eigenvalue weighted by molar-refractivity contribution is 5.34. The molecule has 0 amide bonds. The second kappa shape index (κ2) is 15.8. The predicted molar refractivity (Wildman–Crippen MR) is 125 cm³/mol. The van der Waals surface area contributed by atoms with Crippen LogP contribution in [-0.4, -0.2) is 32.1 Å². The molecule has 1 aromatic rings. The summed E-state index contributed by atoms with van der Waals surface area (Å²) in [6.45, 7) is 7.70. The van der Waals surface area contributed by atoms with Gasteiger partial charge in [0, 0.05) is 0 Å². The maximum absolute atomic E-state index is 13.4. The molecule has 1 atom stereocenters. The second-order valence-corrected chi connectivity index (χ2v) is 8.57. The highest BCUT2D eigenvalue weighted by Gasteiger charge is 2.39. The summed E-state index contributed by atoms with van der Waals surface area (Å²) in [4.78, 5) is 0. The molecule has 10 heteroatoms. The molecule has 0 aliphatic heterocycles. The van der Waals surface area contributed by atoms with Gasteiger partial charge in [0.25, 0.3) is 0 Å². The van der Waals surface area contributed by atoms with Crippen LogP contribution in [0.1, 0.15) is 95.8 Å². The van der Waals surface area contributed by atoms with E-state index >= 15 is 0 Å². The Bertz CT molecular complexity index is 687. The van der Waals surface area contributed by atoms with Crippen LogP contribution in [0.3, 0.4) is 0 Å². The lowest BCUT2D eigenvalue weighted by atomic mass is 9.97. The quantitative estimate of drug-likeness (QED) is 0.108. The van der Waals surface area contributed by atoms with E-state index in [1.165, 1.54) is 0 Å². The van der Waals surface area contributed by atoms with Crippen LogP contribution in [0.4, 0.5) is 26.3 Å². The third-order valence-corrected chi connectivity index (χ3v) is 5.51. The first-order chi connectivity index (χ1) is 16.9. The molecule has 0 aliphatic rings. The van der Waals surface area contributed by atoms with Crippen molar-refractivity contribution in [3.63, 3.8) is 0 Å². The van der Waals surface area contributed by atoms with Gasteiger partial charge in [0.2, 0.25) is 0 Å². The minimum atomic E-state index is -4.92. The first-order valence-electron chi connectivity index (χ1n) is 12.8. The van der Waals surface area contributed by atoms with Crippen LogP contribution < -0.4 is 0 Å². The minimum Gasteiger partial charge on any atom is -0.304 e. The molecule has 0 saturated heterocycles. The maximum atomic E-state index is 13.4. The molecule has 1 rings (SSSR count). The molecule has 36 heavy (non-hydrogen) atoms. The highest BCUT2D eigenvalue weighted by atomic mass is 19.4. The van der Waals surface area contributed by atoms with E-state index in [1.807, 2.05) is 0 Å². The third-order valence-electron chi connectivity index (χ3n) is 5.51. The van der Waals surface area contributed by atoms with Crippen molar-refractivity contribution in [1.29, 1.82) is 0 Å². The average molecular weight is 531 g/mol. The SMILES string of the molecule is CCCCCCCCCC(Cc1cc(C(F)(F)F)cc(C(F)(F)F)c1)OC(OCC)(OCC)OCC. The average Bonchev–Trinajstić information content (AvgIpc) is 2.77. The van der Waals surface area contributed by atoms with Crippen molar-refractivity contribution in [2.24, 2.45) is 0 Å². The number of halogens is 6. The molecule has 4 nitrogen and oxygen atoms in total. The van der Waals surface area contributed by atoms with Gasteiger partial charge >= 0.3 is 18.5 Å². The van der Waals surface area contributed by atoms with Gasteiger partial charge in [0.15, 0.2) is 0 Å². The Labute approximate surface area is 210 Å². The van der Waals surface area contributed by atoms with Gasteiger partial charge in [-0.05, 0) is 57.4 Å². The lowest BCUT2D eigenvalue weighted by Crippen LogP contribution is -2.45. The number of rotatable bonds is 18. The van der Waals surface area contributed by atoms with Crippen molar-refractivity contribution in [1.82, 2.24) is 0 Å². The molecular weight excluding hydrogens is 490 g/mol. The predicted octanol–water partition coefficient (Wildman–Crippen LogP) is 8.51. The topological polar surface area (TPSA) is 36.9 Å². The number of benzene rings is 1. The summed E-state index contributed by atoms with van der Waals surface area (Å²) in [5.41, 5.74) is -2.84. The van der Waals surface area contributed by atoms with Gasteiger partial charge in [-0.3, -0.25) is 4.74 Å². The van der Waals surface area contributed by atoms with Crippen molar-refractivity contribution in [3.05, 3.63) is 34.9 Å². The zero-order chi connectivity index (χ0) is 27.2. The van der Waals surface area contributed by atoms with Crippen LogP contribution in [0.15, 0.2) is 18.2 Å². The van der Waals surface area contributed by atoms with Crippen molar-refractivity contribution >= 4 is 0 Å². The monoisotopic (exact) mass is 530 g/mol. The number of hydrogen-bond donors (Lipinski definition) is 0. The molecule has 0 saturated carbocycles. The zero-order valence-electron chi connectivity index (χ0n) is 21.7. The van der Waals surface area contributed by atoms with Gasteiger partial charge in [-0.15, -0.1) is 0 Å². The molecule has 0 aliphatic carbocycles. The molecule has 0 aromatic heterocycles.